The van der Waals surface area contributed by atoms with E-state index in [1.54, 1.807) is 17.4 Å². The fraction of sp³-hybridized carbons (Fsp3) is 0.571. The van der Waals surface area contributed by atoms with Gasteiger partial charge in [-0.05, 0) is 20.3 Å². The van der Waals surface area contributed by atoms with Crippen molar-refractivity contribution in [2.75, 3.05) is 0 Å². The summed E-state index contributed by atoms with van der Waals surface area (Å²) in [6, 6.07) is 0. The molecule has 0 aliphatic carbocycles. The van der Waals surface area contributed by atoms with E-state index in [0.717, 1.165) is 18.5 Å². The number of aliphatic hydroxyl groups is 1. The van der Waals surface area contributed by atoms with Crippen LogP contribution in [0.5, 0.6) is 0 Å². The monoisotopic (exact) mass is 287 g/mol. The number of thiazole rings is 1. The van der Waals surface area contributed by atoms with Crippen molar-refractivity contribution in [2.24, 2.45) is 0 Å². The van der Waals surface area contributed by atoms with E-state index in [9.17, 15) is 0 Å². The van der Waals surface area contributed by atoms with Crippen LogP contribution in [-0.4, -0.2) is 27.8 Å². The molecule has 0 saturated carbocycles. The summed E-state index contributed by atoms with van der Waals surface area (Å²) in [6.45, 7) is 9.49. The van der Waals surface area contributed by atoms with Gasteiger partial charge in [0.25, 0.3) is 6.47 Å². The third kappa shape index (κ3) is 14.7. The van der Waals surface area contributed by atoms with Gasteiger partial charge in [-0.1, -0.05) is 32.3 Å². The molecule has 1 aromatic heterocycles. The van der Waals surface area contributed by atoms with Crippen LogP contribution in [-0.2, 0) is 4.79 Å². The second-order valence-electron chi connectivity index (χ2n) is 3.90. The van der Waals surface area contributed by atoms with Gasteiger partial charge in [0.2, 0.25) is 0 Å². The molecule has 4 nitrogen and oxygen atoms in total. The first-order valence-corrected chi connectivity index (χ1v) is 7.16. The molecule has 0 fully saturated rings. The number of nitrogens with zero attached hydrogens (tertiary/aromatic N) is 1. The van der Waals surface area contributed by atoms with Crippen molar-refractivity contribution in [3.05, 3.63) is 28.7 Å². The van der Waals surface area contributed by atoms with Gasteiger partial charge >= 0.3 is 0 Å². The van der Waals surface area contributed by atoms with Crippen LogP contribution >= 0.6 is 11.3 Å². The molecule has 0 saturated heterocycles. The predicted molar refractivity (Wildman–Crippen MR) is 80.6 cm³/mol. The van der Waals surface area contributed by atoms with Gasteiger partial charge in [0.1, 0.15) is 0 Å². The van der Waals surface area contributed by atoms with Crippen molar-refractivity contribution in [3.8, 4) is 0 Å². The summed E-state index contributed by atoms with van der Waals surface area (Å²) in [5.74, 6) is 0. The molecule has 5 heteroatoms. The highest BCUT2D eigenvalue weighted by molar-refractivity contribution is 7.09. The lowest BCUT2D eigenvalue weighted by Crippen LogP contribution is -1.99. The Labute approximate surface area is 119 Å². The smallest absolute Gasteiger partial charge is 0.290 e. The topological polar surface area (TPSA) is 70.4 Å². The average molecular weight is 287 g/mol. The molecule has 0 radical (unpaired) electrons. The maximum Gasteiger partial charge on any atom is 0.290 e. The van der Waals surface area contributed by atoms with E-state index in [1.165, 1.54) is 17.7 Å². The van der Waals surface area contributed by atoms with E-state index in [4.69, 9.17) is 15.0 Å². The number of aliphatic hydroxyl groups excluding tert-OH is 1. The summed E-state index contributed by atoms with van der Waals surface area (Å²) in [6.07, 6.45) is 5.72. The summed E-state index contributed by atoms with van der Waals surface area (Å²) >= 11 is 1.69. The Morgan fingerprint density at radius 3 is 2.32 bits per heavy atom. The lowest BCUT2D eigenvalue weighted by atomic mass is 10.1. The summed E-state index contributed by atoms with van der Waals surface area (Å²) < 4.78 is 0. The second kappa shape index (κ2) is 14.9. The molecule has 2 N–H and O–H groups in total. The van der Waals surface area contributed by atoms with Crippen LogP contribution < -0.4 is 0 Å². The normalized spacial score (nSPS) is 10.3. The first-order valence-electron chi connectivity index (χ1n) is 6.28. The van der Waals surface area contributed by atoms with Crippen LogP contribution in [0.15, 0.2) is 18.2 Å². The molecular formula is C14H25NO3S. The van der Waals surface area contributed by atoms with Gasteiger partial charge in [0.15, 0.2) is 0 Å². The van der Waals surface area contributed by atoms with Gasteiger partial charge in [-0.25, -0.2) is 4.98 Å². The second-order valence-corrected chi connectivity index (χ2v) is 4.96. The predicted octanol–water partition coefficient (Wildman–Crippen LogP) is 3.57. The van der Waals surface area contributed by atoms with Gasteiger partial charge in [0, 0.05) is 4.88 Å². The van der Waals surface area contributed by atoms with E-state index in [2.05, 4.69) is 25.4 Å². The van der Waals surface area contributed by atoms with E-state index >= 15 is 0 Å². The van der Waals surface area contributed by atoms with E-state index in [-0.39, 0.29) is 12.6 Å². The Kier molecular flexibility index (Phi) is 15.7. The highest BCUT2D eigenvalue weighted by atomic mass is 32.1. The number of rotatable bonds is 5. The first kappa shape index (κ1) is 20.1. The number of carboxylic acid groups (broad SMARTS) is 1. The van der Waals surface area contributed by atoms with Crippen LogP contribution in [0.25, 0.3) is 0 Å². The third-order valence-electron chi connectivity index (χ3n) is 2.36. The Balaban J connectivity index is 0. The Morgan fingerprint density at radius 2 is 2.05 bits per heavy atom. The standard InChI is InChI=1S/C8H16O.C5H7NS.CH2O2/c1-3-5-6-7-8(9)4-2;1-4-5(2)7-3-6-4;2-1-3/h4,8-9H,2-3,5-7H2,1H3;3H,1-2H3;1H,(H,2,3). The molecule has 1 unspecified atom stereocenters. The van der Waals surface area contributed by atoms with Crippen LogP contribution in [0, 0.1) is 13.8 Å². The van der Waals surface area contributed by atoms with Crippen molar-refractivity contribution >= 4 is 17.8 Å². The minimum Gasteiger partial charge on any atom is -0.483 e. The van der Waals surface area contributed by atoms with Crippen molar-refractivity contribution in [1.82, 2.24) is 4.98 Å². The van der Waals surface area contributed by atoms with Gasteiger partial charge in [-0.2, -0.15) is 0 Å². The lowest BCUT2D eigenvalue weighted by molar-refractivity contribution is -0.122. The van der Waals surface area contributed by atoms with Crippen molar-refractivity contribution in [2.45, 2.75) is 52.6 Å². The molecule has 1 rings (SSSR count). The summed E-state index contributed by atoms with van der Waals surface area (Å²) in [7, 11) is 0. The summed E-state index contributed by atoms with van der Waals surface area (Å²) in [5, 5.41) is 15.9. The number of unbranched alkanes of at least 4 members (excludes halogenated alkanes) is 2. The summed E-state index contributed by atoms with van der Waals surface area (Å²) in [4.78, 5) is 13.7. The zero-order chi connectivity index (χ0) is 15.1. The van der Waals surface area contributed by atoms with Gasteiger partial charge in [0.05, 0.1) is 17.3 Å². The largest absolute Gasteiger partial charge is 0.483 e. The molecule has 0 spiro atoms. The molecule has 1 aromatic rings. The number of hydrogen-bond donors (Lipinski definition) is 2. The lowest BCUT2D eigenvalue weighted by Gasteiger charge is -2.01. The molecule has 110 valence electrons. The molecule has 0 aromatic carbocycles. The van der Waals surface area contributed by atoms with Crippen molar-refractivity contribution in [3.63, 3.8) is 0 Å². The Hall–Kier alpha value is -1.20. The maximum atomic E-state index is 8.97. The van der Waals surface area contributed by atoms with E-state index in [0.29, 0.717) is 0 Å². The fourth-order valence-corrected chi connectivity index (χ4v) is 1.67. The van der Waals surface area contributed by atoms with Crippen molar-refractivity contribution < 1.29 is 15.0 Å². The first-order chi connectivity index (χ1) is 9.03. The molecular weight excluding hydrogens is 262 g/mol. The minimum absolute atomic E-state index is 0.250. The number of hydrogen-bond acceptors (Lipinski definition) is 4. The zero-order valence-electron chi connectivity index (χ0n) is 12.0. The Morgan fingerprint density at radius 1 is 1.47 bits per heavy atom. The number of aromatic nitrogens is 1. The van der Waals surface area contributed by atoms with Crippen LogP contribution in [0.2, 0.25) is 0 Å². The quantitative estimate of drug-likeness (QED) is 0.493. The number of aryl methyl sites for hydroxylation is 2. The Bertz CT molecular complexity index is 310. The highest BCUT2D eigenvalue weighted by Crippen LogP contribution is 2.07. The number of carbonyl (C=O) groups is 1. The van der Waals surface area contributed by atoms with E-state index in [1.807, 2.05) is 12.4 Å². The van der Waals surface area contributed by atoms with Gasteiger partial charge in [-0.3, -0.25) is 4.79 Å². The van der Waals surface area contributed by atoms with Crippen LogP contribution in [0.1, 0.15) is 43.2 Å². The molecule has 1 heterocycles. The molecule has 0 aliphatic rings. The summed E-state index contributed by atoms with van der Waals surface area (Å²) in [5.41, 5.74) is 3.02. The highest BCUT2D eigenvalue weighted by Gasteiger charge is 1.94. The SMILES string of the molecule is C=CC(O)CCCCC.Cc1ncsc1C.O=CO. The molecule has 0 aliphatic heterocycles. The van der Waals surface area contributed by atoms with Crippen molar-refractivity contribution in [1.29, 1.82) is 0 Å². The molecule has 19 heavy (non-hydrogen) atoms. The van der Waals surface area contributed by atoms with Crippen LogP contribution in [0.3, 0.4) is 0 Å². The van der Waals surface area contributed by atoms with Crippen LogP contribution in [0.4, 0.5) is 0 Å². The fourth-order valence-electron chi connectivity index (χ4n) is 1.08. The third-order valence-corrected chi connectivity index (χ3v) is 3.22. The average Bonchev–Trinajstić information content (AvgIpc) is 2.75. The van der Waals surface area contributed by atoms with E-state index < -0.39 is 0 Å². The molecule has 1 atom stereocenters. The molecule has 0 amide bonds. The van der Waals surface area contributed by atoms with Gasteiger partial charge < -0.3 is 10.2 Å². The maximum absolute atomic E-state index is 8.97. The molecule has 0 bridgehead atoms. The zero-order valence-corrected chi connectivity index (χ0v) is 12.8. The van der Waals surface area contributed by atoms with Gasteiger partial charge in [-0.15, -0.1) is 17.9 Å². The minimum atomic E-state index is -0.281.